The Morgan fingerprint density at radius 3 is 1.07 bits per heavy atom. The maximum Gasteiger partial charge on any atom is 0.0894 e. The van der Waals surface area contributed by atoms with E-state index in [2.05, 4.69) is 9.97 Å². The molecule has 0 N–H and O–H groups in total. The van der Waals surface area contributed by atoms with E-state index < -0.39 is 0 Å². The van der Waals surface area contributed by atoms with Crippen LogP contribution in [0.2, 0.25) is 0 Å². The predicted octanol–water partition coefficient (Wildman–Crippen LogP) is 2.78. The van der Waals surface area contributed by atoms with Gasteiger partial charge in [-0.25, -0.2) is 9.97 Å². The molecule has 2 aromatic carbocycles. The molecular formula is C12H8AgN2. The molecule has 0 spiro atoms. The Balaban J connectivity index is 0.000000853. The maximum atomic E-state index is 4.52. The monoisotopic (exact) mass is 287 g/mol. The summed E-state index contributed by atoms with van der Waals surface area (Å²) in [6.45, 7) is 0. The zero-order valence-corrected chi connectivity index (χ0v) is 9.30. The van der Waals surface area contributed by atoms with Crippen molar-refractivity contribution in [3.8, 4) is 0 Å². The maximum absolute atomic E-state index is 4.52. The van der Waals surface area contributed by atoms with Crippen molar-refractivity contribution in [1.82, 2.24) is 9.97 Å². The standard InChI is InChI=1S/C12H8N2.Ag/c1-2-6-10-9(5-1)13-11-7-3-4-8-12(11)14-10;/h1-8H;. The Hall–Kier alpha value is -1.22. The molecule has 3 aromatic rings. The molecule has 0 unspecified atom stereocenters. The van der Waals surface area contributed by atoms with Crippen LogP contribution in [0.4, 0.5) is 0 Å². The summed E-state index contributed by atoms with van der Waals surface area (Å²) in [6, 6.07) is 15.8. The molecule has 0 amide bonds. The Morgan fingerprint density at radius 1 is 0.533 bits per heavy atom. The van der Waals surface area contributed by atoms with E-state index in [0.29, 0.717) is 0 Å². The first kappa shape index (κ1) is 10.3. The molecule has 0 saturated heterocycles. The van der Waals surface area contributed by atoms with E-state index in [9.17, 15) is 0 Å². The van der Waals surface area contributed by atoms with Crippen molar-refractivity contribution in [3.63, 3.8) is 0 Å². The molecule has 15 heavy (non-hydrogen) atoms. The van der Waals surface area contributed by atoms with Gasteiger partial charge in [-0.3, -0.25) is 0 Å². The molecule has 0 atom stereocenters. The zero-order valence-electron chi connectivity index (χ0n) is 7.81. The molecule has 1 heterocycles. The summed E-state index contributed by atoms with van der Waals surface area (Å²) in [7, 11) is 0. The van der Waals surface area contributed by atoms with Crippen LogP contribution >= 0.6 is 0 Å². The van der Waals surface area contributed by atoms with Gasteiger partial charge >= 0.3 is 0 Å². The summed E-state index contributed by atoms with van der Waals surface area (Å²) in [4.78, 5) is 9.03. The average Bonchev–Trinajstić information content (AvgIpc) is 2.26. The Kier molecular flexibility index (Phi) is 2.82. The van der Waals surface area contributed by atoms with Gasteiger partial charge in [0.1, 0.15) is 0 Å². The molecule has 0 aliphatic carbocycles. The first-order chi connectivity index (χ1) is 6.93. The van der Waals surface area contributed by atoms with Gasteiger partial charge in [0.25, 0.3) is 0 Å². The van der Waals surface area contributed by atoms with Gasteiger partial charge in [0, 0.05) is 22.4 Å². The fraction of sp³-hybridized carbons (Fsp3) is 0. The molecule has 3 heteroatoms. The van der Waals surface area contributed by atoms with Crippen LogP contribution in [0.5, 0.6) is 0 Å². The third kappa shape index (κ3) is 1.79. The number of hydrogen-bond donors (Lipinski definition) is 0. The van der Waals surface area contributed by atoms with E-state index in [1.54, 1.807) is 0 Å². The summed E-state index contributed by atoms with van der Waals surface area (Å²) in [5.74, 6) is 0. The first-order valence-electron chi connectivity index (χ1n) is 4.55. The van der Waals surface area contributed by atoms with Gasteiger partial charge in [-0.15, -0.1) is 0 Å². The van der Waals surface area contributed by atoms with Crippen LogP contribution in [0.1, 0.15) is 0 Å². The molecule has 1 aromatic heterocycles. The molecule has 0 bridgehead atoms. The SMILES string of the molecule is [Ag].c1ccc2nc3ccccc3nc2c1. The Labute approximate surface area is 103 Å². The van der Waals surface area contributed by atoms with Crippen LogP contribution < -0.4 is 0 Å². The molecule has 0 aliphatic rings. The molecule has 3 rings (SSSR count). The zero-order chi connectivity index (χ0) is 9.38. The van der Waals surface area contributed by atoms with Crippen LogP contribution in [0, 0.1) is 0 Å². The van der Waals surface area contributed by atoms with Gasteiger partial charge in [0.15, 0.2) is 0 Å². The summed E-state index contributed by atoms with van der Waals surface area (Å²) in [5.41, 5.74) is 3.80. The Bertz CT molecular complexity index is 502. The van der Waals surface area contributed by atoms with Crippen molar-refractivity contribution in [3.05, 3.63) is 48.5 Å². The molecule has 0 fully saturated rings. The van der Waals surface area contributed by atoms with Crippen LogP contribution in [-0.4, -0.2) is 9.97 Å². The second-order valence-electron chi connectivity index (χ2n) is 3.20. The summed E-state index contributed by atoms with van der Waals surface area (Å²) >= 11 is 0. The summed E-state index contributed by atoms with van der Waals surface area (Å²) in [6.07, 6.45) is 0. The third-order valence-corrected chi connectivity index (χ3v) is 2.25. The van der Waals surface area contributed by atoms with Crippen molar-refractivity contribution in [2.24, 2.45) is 0 Å². The first-order valence-corrected chi connectivity index (χ1v) is 4.55. The predicted molar refractivity (Wildman–Crippen MR) is 57.0 cm³/mol. The normalized spacial score (nSPS) is 10.1. The number of para-hydroxylation sites is 4. The van der Waals surface area contributed by atoms with Gasteiger partial charge in [-0.05, 0) is 24.3 Å². The number of nitrogens with zero attached hydrogens (tertiary/aromatic N) is 2. The number of aromatic nitrogens is 2. The van der Waals surface area contributed by atoms with E-state index in [1.165, 1.54) is 0 Å². The van der Waals surface area contributed by atoms with E-state index in [-0.39, 0.29) is 22.4 Å². The largest absolute Gasteiger partial charge is 0.245 e. The van der Waals surface area contributed by atoms with Crippen molar-refractivity contribution < 1.29 is 22.4 Å². The van der Waals surface area contributed by atoms with Gasteiger partial charge in [0.05, 0.1) is 22.1 Å². The van der Waals surface area contributed by atoms with E-state index >= 15 is 0 Å². The number of benzene rings is 2. The van der Waals surface area contributed by atoms with Gasteiger partial charge in [-0.1, -0.05) is 24.3 Å². The van der Waals surface area contributed by atoms with Crippen LogP contribution in [0.15, 0.2) is 48.5 Å². The van der Waals surface area contributed by atoms with Crippen molar-refractivity contribution >= 4 is 22.1 Å². The van der Waals surface area contributed by atoms with Gasteiger partial charge in [-0.2, -0.15) is 0 Å². The fourth-order valence-corrected chi connectivity index (χ4v) is 1.57. The molecule has 77 valence electrons. The number of rotatable bonds is 0. The minimum absolute atomic E-state index is 0. The van der Waals surface area contributed by atoms with Crippen molar-refractivity contribution in [2.75, 3.05) is 0 Å². The topological polar surface area (TPSA) is 25.8 Å². The molecule has 2 nitrogen and oxygen atoms in total. The van der Waals surface area contributed by atoms with Crippen molar-refractivity contribution in [2.45, 2.75) is 0 Å². The van der Waals surface area contributed by atoms with Gasteiger partial charge in [0.2, 0.25) is 0 Å². The molecule has 0 saturated carbocycles. The fourth-order valence-electron chi connectivity index (χ4n) is 1.57. The van der Waals surface area contributed by atoms with Crippen LogP contribution in [0.3, 0.4) is 0 Å². The van der Waals surface area contributed by atoms with Crippen LogP contribution in [-0.2, 0) is 22.4 Å². The number of hydrogen-bond acceptors (Lipinski definition) is 2. The minimum Gasteiger partial charge on any atom is -0.245 e. The summed E-state index contributed by atoms with van der Waals surface area (Å²) in [5, 5.41) is 0. The Morgan fingerprint density at radius 2 is 0.800 bits per heavy atom. The smallest absolute Gasteiger partial charge is 0.0894 e. The van der Waals surface area contributed by atoms with Crippen molar-refractivity contribution in [1.29, 1.82) is 0 Å². The van der Waals surface area contributed by atoms with E-state index in [4.69, 9.17) is 0 Å². The number of fused-ring (bicyclic) bond motifs is 2. The molecule has 1 radical (unpaired) electrons. The average molecular weight is 288 g/mol. The van der Waals surface area contributed by atoms with E-state index in [0.717, 1.165) is 22.1 Å². The third-order valence-electron chi connectivity index (χ3n) is 2.25. The van der Waals surface area contributed by atoms with E-state index in [1.807, 2.05) is 48.5 Å². The molecule has 0 aliphatic heterocycles. The minimum atomic E-state index is 0. The van der Waals surface area contributed by atoms with Crippen LogP contribution in [0.25, 0.3) is 22.1 Å². The second-order valence-corrected chi connectivity index (χ2v) is 3.20. The summed E-state index contributed by atoms with van der Waals surface area (Å²) < 4.78 is 0. The quantitative estimate of drug-likeness (QED) is 0.469. The van der Waals surface area contributed by atoms with Gasteiger partial charge < -0.3 is 0 Å². The second kappa shape index (κ2) is 4.11. The molecular weight excluding hydrogens is 280 g/mol.